The fourth-order valence-corrected chi connectivity index (χ4v) is 1.85. The van der Waals surface area contributed by atoms with Crippen molar-refractivity contribution in [2.24, 2.45) is 0 Å². The van der Waals surface area contributed by atoms with E-state index < -0.39 is 17.7 Å². The molecule has 100 valence electrons. The minimum absolute atomic E-state index is 0.117. The minimum Gasteiger partial charge on any atom is -0.484 e. The fourth-order valence-electron chi connectivity index (χ4n) is 1.58. The fraction of sp³-hybridized carbons (Fsp3) is 0.250. The lowest BCUT2D eigenvalue weighted by Gasteiger charge is -2.25. The molecule has 6 nitrogen and oxygen atoms in total. The van der Waals surface area contributed by atoms with E-state index in [4.69, 9.17) is 4.74 Å². The molecule has 1 aliphatic heterocycles. The Balaban J connectivity index is 1.88. The Morgan fingerprint density at radius 3 is 2.37 bits per heavy atom. The van der Waals surface area contributed by atoms with Gasteiger partial charge in [0.2, 0.25) is 11.8 Å². The minimum atomic E-state index is -0.478. The lowest BCUT2D eigenvalue weighted by Crippen LogP contribution is -2.54. The molecule has 1 saturated heterocycles. The van der Waals surface area contributed by atoms with Gasteiger partial charge < -0.3 is 9.64 Å². The number of amides is 3. The van der Waals surface area contributed by atoms with Crippen molar-refractivity contribution in [3.63, 3.8) is 0 Å². The number of halogens is 1. The second kappa shape index (κ2) is 5.83. The molecule has 1 N–H and O–H groups in total. The number of piperazine rings is 1. The summed E-state index contributed by atoms with van der Waals surface area (Å²) in [4.78, 5) is 35.2. The van der Waals surface area contributed by atoms with Gasteiger partial charge in [0.05, 0.1) is 0 Å². The highest BCUT2D eigenvalue weighted by atomic mass is 79.9. The Kier molecular flexibility index (Phi) is 4.16. The summed E-state index contributed by atoms with van der Waals surface area (Å²) in [7, 11) is 0. The molecule has 0 radical (unpaired) electrons. The van der Waals surface area contributed by atoms with Crippen LogP contribution in [0.3, 0.4) is 0 Å². The number of benzene rings is 1. The Labute approximate surface area is 117 Å². The van der Waals surface area contributed by atoms with Crippen LogP contribution in [0.25, 0.3) is 0 Å². The summed E-state index contributed by atoms with van der Waals surface area (Å²) in [6.07, 6.45) is 0. The van der Waals surface area contributed by atoms with Crippen molar-refractivity contribution in [2.75, 3.05) is 19.7 Å². The highest BCUT2D eigenvalue weighted by Crippen LogP contribution is 2.16. The van der Waals surface area contributed by atoms with Crippen LogP contribution >= 0.6 is 15.9 Å². The molecule has 2 rings (SSSR count). The molecule has 0 aliphatic carbocycles. The normalized spacial score (nSPS) is 15.1. The van der Waals surface area contributed by atoms with Crippen LogP contribution in [0.4, 0.5) is 0 Å². The van der Waals surface area contributed by atoms with Crippen molar-refractivity contribution >= 4 is 33.7 Å². The first-order chi connectivity index (χ1) is 9.04. The smallest absolute Gasteiger partial charge is 0.261 e. The molecular weight excluding hydrogens is 316 g/mol. The zero-order chi connectivity index (χ0) is 13.8. The monoisotopic (exact) mass is 326 g/mol. The van der Waals surface area contributed by atoms with E-state index in [1.165, 1.54) is 4.90 Å². The van der Waals surface area contributed by atoms with E-state index in [0.717, 1.165) is 4.47 Å². The third-order valence-electron chi connectivity index (χ3n) is 2.48. The lowest BCUT2D eigenvalue weighted by molar-refractivity contribution is -0.146. The predicted octanol–water partition coefficient (Wildman–Crippen LogP) is 0.313. The number of imide groups is 1. The van der Waals surface area contributed by atoms with E-state index in [1.54, 1.807) is 24.3 Å². The highest BCUT2D eigenvalue weighted by Gasteiger charge is 2.26. The van der Waals surface area contributed by atoms with E-state index in [-0.39, 0.29) is 19.7 Å². The number of hydrogen-bond donors (Lipinski definition) is 1. The summed E-state index contributed by atoms with van der Waals surface area (Å²) in [6, 6.07) is 7.01. The van der Waals surface area contributed by atoms with Gasteiger partial charge in [0.25, 0.3) is 5.91 Å². The maximum Gasteiger partial charge on any atom is 0.261 e. The summed E-state index contributed by atoms with van der Waals surface area (Å²) in [5.74, 6) is -0.808. The molecule has 1 aliphatic rings. The Hall–Kier alpha value is -1.89. The standard InChI is InChI=1S/C12H11BrN2O4/c13-8-1-3-9(4-2-8)19-7-12(18)15-5-10(16)14-11(17)6-15/h1-4H,5-7H2,(H,14,16,17). The summed E-state index contributed by atoms with van der Waals surface area (Å²) in [5, 5.41) is 2.13. The van der Waals surface area contributed by atoms with E-state index in [2.05, 4.69) is 21.2 Å². The molecular formula is C12H11BrN2O4. The van der Waals surface area contributed by atoms with Gasteiger partial charge >= 0.3 is 0 Å². The Morgan fingerprint density at radius 2 is 1.79 bits per heavy atom. The molecule has 0 unspecified atom stereocenters. The van der Waals surface area contributed by atoms with E-state index in [0.29, 0.717) is 5.75 Å². The third-order valence-corrected chi connectivity index (χ3v) is 3.01. The molecule has 0 saturated carbocycles. The van der Waals surface area contributed by atoms with E-state index in [1.807, 2.05) is 0 Å². The first-order valence-electron chi connectivity index (χ1n) is 5.53. The predicted molar refractivity (Wildman–Crippen MR) is 69.4 cm³/mol. The number of ether oxygens (including phenoxy) is 1. The molecule has 1 fully saturated rings. The Bertz CT molecular complexity index is 499. The SMILES string of the molecule is O=C1CN(C(=O)COc2ccc(Br)cc2)CC(=O)N1. The van der Waals surface area contributed by atoms with Crippen LogP contribution in [0.1, 0.15) is 0 Å². The number of rotatable bonds is 3. The van der Waals surface area contributed by atoms with Gasteiger partial charge in [-0.1, -0.05) is 15.9 Å². The largest absolute Gasteiger partial charge is 0.484 e. The van der Waals surface area contributed by atoms with Gasteiger partial charge in [-0.2, -0.15) is 0 Å². The van der Waals surface area contributed by atoms with Gasteiger partial charge in [0, 0.05) is 4.47 Å². The topological polar surface area (TPSA) is 75.7 Å². The Morgan fingerprint density at radius 1 is 1.21 bits per heavy atom. The molecule has 19 heavy (non-hydrogen) atoms. The van der Waals surface area contributed by atoms with Gasteiger partial charge in [0.1, 0.15) is 18.8 Å². The van der Waals surface area contributed by atoms with Crippen LogP contribution in [0.15, 0.2) is 28.7 Å². The van der Waals surface area contributed by atoms with Crippen molar-refractivity contribution in [3.8, 4) is 5.75 Å². The first-order valence-corrected chi connectivity index (χ1v) is 6.33. The maximum absolute atomic E-state index is 11.8. The number of nitrogens with one attached hydrogen (secondary N) is 1. The van der Waals surface area contributed by atoms with Gasteiger partial charge in [-0.15, -0.1) is 0 Å². The second-order valence-corrected chi connectivity index (χ2v) is 4.88. The maximum atomic E-state index is 11.8. The number of carbonyl (C=O) groups is 3. The van der Waals surface area contributed by atoms with E-state index >= 15 is 0 Å². The zero-order valence-electron chi connectivity index (χ0n) is 9.89. The lowest BCUT2D eigenvalue weighted by atomic mass is 10.3. The van der Waals surface area contributed by atoms with Crippen molar-refractivity contribution in [1.29, 1.82) is 0 Å². The van der Waals surface area contributed by atoms with Crippen molar-refractivity contribution in [1.82, 2.24) is 10.2 Å². The molecule has 7 heteroatoms. The molecule has 3 amide bonds. The van der Waals surface area contributed by atoms with Gasteiger partial charge in [-0.25, -0.2) is 0 Å². The van der Waals surface area contributed by atoms with Crippen LogP contribution in [0.2, 0.25) is 0 Å². The van der Waals surface area contributed by atoms with Crippen LogP contribution < -0.4 is 10.1 Å². The summed E-state index contributed by atoms with van der Waals surface area (Å²) in [6.45, 7) is -0.440. The summed E-state index contributed by atoms with van der Waals surface area (Å²) < 4.78 is 6.20. The highest BCUT2D eigenvalue weighted by molar-refractivity contribution is 9.10. The molecule has 1 aromatic rings. The molecule has 1 heterocycles. The average molecular weight is 327 g/mol. The van der Waals surface area contributed by atoms with Crippen LogP contribution in [0, 0.1) is 0 Å². The number of nitrogens with zero attached hydrogens (tertiary/aromatic N) is 1. The van der Waals surface area contributed by atoms with E-state index in [9.17, 15) is 14.4 Å². The quantitative estimate of drug-likeness (QED) is 0.811. The van der Waals surface area contributed by atoms with Crippen molar-refractivity contribution < 1.29 is 19.1 Å². The molecule has 0 spiro atoms. The molecule has 0 bridgehead atoms. The van der Waals surface area contributed by atoms with Gasteiger partial charge in [-0.05, 0) is 24.3 Å². The molecule has 1 aromatic carbocycles. The van der Waals surface area contributed by atoms with Crippen LogP contribution in [0.5, 0.6) is 5.75 Å². The first kappa shape index (κ1) is 13.5. The van der Waals surface area contributed by atoms with Crippen molar-refractivity contribution in [3.05, 3.63) is 28.7 Å². The summed E-state index contributed by atoms with van der Waals surface area (Å²) in [5.41, 5.74) is 0. The average Bonchev–Trinajstić information content (AvgIpc) is 2.36. The van der Waals surface area contributed by atoms with Gasteiger partial charge in [0.15, 0.2) is 6.61 Å². The zero-order valence-corrected chi connectivity index (χ0v) is 11.5. The summed E-state index contributed by atoms with van der Waals surface area (Å²) >= 11 is 3.29. The molecule has 0 aromatic heterocycles. The number of hydrogen-bond acceptors (Lipinski definition) is 4. The van der Waals surface area contributed by atoms with Crippen molar-refractivity contribution in [2.45, 2.75) is 0 Å². The third kappa shape index (κ3) is 3.78. The second-order valence-electron chi connectivity index (χ2n) is 3.96. The van der Waals surface area contributed by atoms with Crippen LogP contribution in [-0.2, 0) is 14.4 Å². The van der Waals surface area contributed by atoms with Gasteiger partial charge in [-0.3, -0.25) is 19.7 Å². The van der Waals surface area contributed by atoms with Crippen LogP contribution in [-0.4, -0.2) is 42.3 Å². The molecule has 0 atom stereocenters. The number of carbonyl (C=O) groups excluding carboxylic acids is 3.